The highest BCUT2D eigenvalue weighted by molar-refractivity contribution is 8.00. The molecule has 0 saturated heterocycles. The second kappa shape index (κ2) is 9.01. The second-order valence-corrected chi connectivity index (χ2v) is 4.86. The van der Waals surface area contributed by atoms with Gasteiger partial charge in [-0.05, 0) is 38.9 Å². The average molecular weight is 236 g/mol. The molecule has 0 aliphatic rings. The number of alkyl halides is 1. The summed E-state index contributed by atoms with van der Waals surface area (Å²) < 4.78 is 17.7. The largest absolute Gasteiger partial charge is 0.465 e. The Hall–Kier alpha value is -0.250. The SMILES string of the molecule is CCOC(=O)C(C)SCCCC(F)CC. The molecule has 0 bridgehead atoms. The lowest BCUT2D eigenvalue weighted by atomic mass is 10.2. The maximum Gasteiger partial charge on any atom is 0.318 e. The molecule has 0 radical (unpaired) electrons. The highest BCUT2D eigenvalue weighted by Gasteiger charge is 2.13. The first-order chi connectivity index (χ1) is 7.11. The van der Waals surface area contributed by atoms with Gasteiger partial charge in [-0.1, -0.05) is 6.92 Å². The van der Waals surface area contributed by atoms with Crippen molar-refractivity contribution < 1.29 is 13.9 Å². The van der Waals surface area contributed by atoms with Crippen LogP contribution in [0.1, 0.15) is 40.0 Å². The molecule has 0 aliphatic heterocycles. The van der Waals surface area contributed by atoms with Gasteiger partial charge in [-0.3, -0.25) is 4.79 Å². The van der Waals surface area contributed by atoms with Crippen molar-refractivity contribution >= 4 is 17.7 Å². The molecule has 4 heteroatoms. The van der Waals surface area contributed by atoms with Crippen LogP contribution in [0.5, 0.6) is 0 Å². The molecule has 0 aromatic rings. The first-order valence-corrected chi connectivity index (χ1v) is 6.59. The van der Waals surface area contributed by atoms with Crippen LogP contribution in [-0.4, -0.2) is 29.8 Å². The quantitative estimate of drug-likeness (QED) is 0.478. The normalized spacial score (nSPS) is 14.7. The van der Waals surface area contributed by atoms with Crippen molar-refractivity contribution in [3.05, 3.63) is 0 Å². The lowest BCUT2D eigenvalue weighted by molar-refractivity contribution is -0.142. The highest BCUT2D eigenvalue weighted by Crippen LogP contribution is 2.16. The van der Waals surface area contributed by atoms with Crippen LogP contribution in [0.25, 0.3) is 0 Å². The summed E-state index contributed by atoms with van der Waals surface area (Å²) in [6.07, 6.45) is 1.31. The minimum Gasteiger partial charge on any atom is -0.465 e. The summed E-state index contributed by atoms with van der Waals surface area (Å²) in [4.78, 5) is 11.2. The second-order valence-electron chi connectivity index (χ2n) is 3.41. The van der Waals surface area contributed by atoms with Crippen molar-refractivity contribution in [1.29, 1.82) is 0 Å². The van der Waals surface area contributed by atoms with E-state index in [1.807, 2.05) is 13.8 Å². The van der Waals surface area contributed by atoms with Gasteiger partial charge in [0.25, 0.3) is 0 Å². The Kier molecular flexibility index (Phi) is 8.86. The predicted molar refractivity (Wildman–Crippen MR) is 63.0 cm³/mol. The molecule has 0 rings (SSSR count). The summed E-state index contributed by atoms with van der Waals surface area (Å²) in [7, 11) is 0. The third kappa shape index (κ3) is 7.65. The smallest absolute Gasteiger partial charge is 0.318 e. The molecular weight excluding hydrogens is 215 g/mol. The Labute approximate surface area is 96.0 Å². The van der Waals surface area contributed by atoms with Crippen LogP contribution in [0.4, 0.5) is 4.39 Å². The first-order valence-electron chi connectivity index (χ1n) is 5.54. The maximum atomic E-state index is 12.8. The number of hydrogen-bond donors (Lipinski definition) is 0. The van der Waals surface area contributed by atoms with Gasteiger partial charge in [0.15, 0.2) is 0 Å². The van der Waals surface area contributed by atoms with Crippen LogP contribution in [-0.2, 0) is 9.53 Å². The first kappa shape index (κ1) is 14.8. The Balaban J connectivity index is 3.46. The zero-order valence-corrected chi connectivity index (χ0v) is 10.6. The zero-order valence-electron chi connectivity index (χ0n) is 9.79. The number of halogens is 1. The van der Waals surface area contributed by atoms with E-state index in [0.717, 1.165) is 12.2 Å². The van der Waals surface area contributed by atoms with Crippen molar-refractivity contribution in [3.8, 4) is 0 Å². The summed E-state index contributed by atoms with van der Waals surface area (Å²) in [5.41, 5.74) is 0. The highest BCUT2D eigenvalue weighted by atomic mass is 32.2. The molecule has 15 heavy (non-hydrogen) atoms. The number of carbonyl (C=O) groups is 1. The summed E-state index contributed by atoms with van der Waals surface area (Å²) in [6.45, 7) is 5.89. The Bertz CT molecular complexity index is 176. The van der Waals surface area contributed by atoms with E-state index in [2.05, 4.69) is 0 Å². The van der Waals surface area contributed by atoms with Gasteiger partial charge in [0, 0.05) is 0 Å². The van der Waals surface area contributed by atoms with Crippen LogP contribution in [0, 0.1) is 0 Å². The van der Waals surface area contributed by atoms with Gasteiger partial charge < -0.3 is 4.74 Å². The summed E-state index contributed by atoms with van der Waals surface area (Å²) in [6, 6.07) is 0. The molecule has 0 heterocycles. The van der Waals surface area contributed by atoms with Gasteiger partial charge in [-0.25, -0.2) is 4.39 Å². The summed E-state index contributed by atoms with van der Waals surface area (Å²) >= 11 is 1.54. The molecule has 90 valence electrons. The molecule has 0 saturated carbocycles. The van der Waals surface area contributed by atoms with E-state index in [9.17, 15) is 9.18 Å². The van der Waals surface area contributed by atoms with Crippen molar-refractivity contribution in [2.45, 2.75) is 51.5 Å². The molecular formula is C11H21FO2S. The van der Waals surface area contributed by atoms with Gasteiger partial charge in [0.2, 0.25) is 0 Å². The number of carbonyl (C=O) groups excluding carboxylic acids is 1. The van der Waals surface area contributed by atoms with Gasteiger partial charge in [-0.2, -0.15) is 0 Å². The number of rotatable bonds is 8. The molecule has 0 N–H and O–H groups in total. The zero-order chi connectivity index (χ0) is 11.7. The number of ether oxygens (including phenoxy) is 1. The molecule has 0 aromatic heterocycles. The van der Waals surface area contributed by atoms with E-state index in [4.69, 9.17) is 4.74 Å². The molecule has 0 amide bonds. The fourth-order valence-electron chi connectivity index (χ4n) is 1.10. The maximum absolute atomic E-state index is 12.8. The average Bonchev–Trinajstić information content (AvgIpc) is 2.23. The van der Waals surface area contributed by atoms with E-state index in [-0.39, 0.29) is 11.2 Å². The van der Waals surface area contributed by atoms with Crippen molar-refractivity contribution in [3.63, 3.8) is 0 Å². The van der Waals surface area contributed by atoms with Crippen LogP contribution < -0.4 is 0 Å². The van der Waals surface area contributed by atoms with Gasteiger partial charge >= 0.3 is 5.97 Å². The van der Waals surface area contributed by atoms with E-state index >= 15 is 0 Å². The Morgan fingerprint density at radius 1 is 1.47 bits per heavy atom. The molecule has 2 unspecified atom stereocenters. The lowest BCUT2D eigenvalue weighted by Crippen LogP contribution is -2.17. The van der Waals surface area contributed by atoms with Crippen LogP contribution in [0.15, 0.2) is 0 Å². The van der Waals surface area contributed by atoms with E-state index in [1.165, 1.54) is 11.8 Å². The minimum absolute atomic E-state index is 0.135. The standard InChI is InChI=1S/C11H21FO2S/c1-4-10(12)7-6-8-15-9(3)11(13)14-5-2/h9-10H,4-8H2,1-3H3. The molecule has 0 aromatic carbocycles. The van der Waals surface area contributed by atoms with E-state index < -0.39 is 6.17 Å². The molecule has 0 spiro atoms. The molecule has 0 aliphatic carbocycles. The van der Waals surface area contributed by atoms with Gasteiger partial charge in [0.05, 0.1) is 18.0 Å². The minimum atomic E-state index is -0.691. The number of thioether (sulfide) groups is 1. The molecule has 2 nitrogen and oxygen atoms in total. The topological polar surface area (TPSA) is 26.3 Å². The van der Waals surface area contributed by atoms with E-state index in [1.54, 1.807) is 6.92 Å². The summed E-state index contributed by atoms with van der Waals surface area (Å²) in [5.74, 6) is 0.648. The van der Waals surface area contributed by atoms with Crippen molar-refractivity contribution in [2.24, 2.45) is 0 Å². The number of hydrogen-bond acceptors (Lipinski definition) is 3. The lowest BCUT2D eigenvalue weighted by Gasteiger charge is -2.10. The third-order valence-electron chi connectivity index (χ3n) is 2.09. The Morgan fingerprint density at radius 3 is 2.67 bits per heavy atom. The summed E-state index contributed by atoms with van der Waals surface area (Å²) in [5, 5.41) is -0.135. The van der Waals surface area contributed by atoms with E-state index in [0.29, 0.717) is 19.4 Å². The van der Waals surface area contributed by atoms with Crippen molar-refractivity contribution in [2.75, 3.05) is 12.4 Å². The fourth-order valence-corrected chi connectivity index (χ4v) is 1.99. The molecule has 2 atom stereocenters. The predicted octanol–water partition coefficient (Wildman–Crippen LogP) is 3.20. The Morgan fingerprint density at radius 2 is 2.13 bits per heavy atom. The monoisotopic (exact) mass is 236 g/mol. The van der Waals surface area contributed by atoms with Gasteiger partial charge in [-0.15, -0.1) is 11.8 Å². The van der Waals surface area contributed by atoms with Crippen LogP contribution >= 0.6 is 11.8 Å². The fraction of sp³-hybridized carbons (Fsp3) is 0.909. The third-order valence-corrected chi connectivity index (χ3v) is 3.31. The van der Waals surface area contributed by atoms with Crippen molar-refractivity contribution in [1.82, 2.24) is 0 Å². The molecule has 0 fully saturated rings. The van der Waals surface area contributed by atoms with Crippen LogP contribution in [0.3, 0.4) is 0 Å². The number of esters is 1. The van der Waals surface area contributed by atoms with Crippen LogP contribution in [0.2, 0.25) is 0 Å². The van der Waals surface area contributed by atoms with Gasteiger partial charge in [0.1, 0.15) is 0 Å².